The normalized spacial score (nSPS) is 10.5. The summed E-state index contributed by atoms with van der Waals surface area (Å²) >= 11 is 2.67. The maximum atomic E-state index is 11.9. The molecule has 0 aliphatic heterocycles. The number of carbonyl (C=O) groups is 1. The van der Waals surface area contributed by atoms with Crippen molar-refractivity contribution in [3.8, 4) is 5.75 Å². The van der Waals surface area contributed by atoms with Gasteiger partial charge in [-0.1, -0.05) is 40.4 Å². The van der Waals surface area contributed by atoms with Gasteiger partial charge in [0, 0.05) is 6.07 Å². The van der Waals surface area contributed by atoms with Crippen LogP contribution >= 0.6 is 23.1 Å². The fourth-order valence-electron chi connectivity index (χ4n) is 2.01. The van der Waals surface area contributed by atoms with E-state index < -0.39 is 0 Å². The fourth-order valence-corrected chi connectivity index (χ4v) is 3.57. The van der Waals surface area contributed by atoms with E-state index in [1.165, 1.54) is 23.1 Å². The molecule has 2 aromatic heterocycles. The van der Waals surface area contributed by atoms with Gasteiger partial charge >= 0.3 is 0 Å². The number of para-hydroxylation sites is 2. The third-order valence-electron chi connectivity index (χ3n) is 3.05. The lowest BCUT2D eigenvalue weighted by Crippen LogP contribution is -2.13. The average molecular weight is 391 g/mol. The lowest BCUT2D eigenvalue weighted by Gasteiger charge is -2.09. The molecule has 0 saturated carbocycles. The second-order valence-corrected chi connectivity index (χ2v) is 7.30. The zero-order valence-electron chi connectivity index (χ0n) is 14.2. The first-order chi connectivity index (χ1) is 12.6. The minimum atomic E-state index is -0.197. The Morgan fingerprint density at radius 3 is 2.96 bits per heavy atom. The SMILES string of the molecule is CCOc1ccccc1Nc1nnc(SCC(=O)Nc2cc(C)no2)s1. The average Bonchev–Trinajstić information content (AvgIpc) is 3.24. The van der Waals surface area contributed by atoms with Crippen molar-refractivity contribution in [3.05, 3.63) is 36.0 Å². The highest BCUT2D eigenvalue weighted by Gasteiger charge is 2.11. The van der Waals surface area contributed by atoms with Gasteiger partial charge in [0.1, 0.15) is 5.75 Å². The maximum absolute atomic E-state index is 11.9. The van der Waals surface area contributed by atoms with Gasteiger partial charge in [0.05, 0.1) is 23.7 Å². The lowest BCUT2D eigenvalue weighted by molar-refractivity contribution is -0.113. The number of thioether (sulfide) groups is 1. The minimum absolute atomic E-state index is 0.197. The van der Waals surface area contributed by atoms with E-state index in [9.17, 15) is 4.79 Å². The van der Waals surface area contributed by atoms with Crippen molar-refractivity contribution in [2.75, 3.05) is 23.0 Å². The zero-order chi connectivity index (χ0) is 18.4. The van der Waals surface area contributed by atoms with Crippen molar-refractivity contribution < 1.29 is 14.1 Å². The van der Waals surface area contributed by atoms with Gasteiger partial charge < -0.3 is 14.6 Å². The quantitative estimate of drug-likeness (QED) is 0.560. The zero-order valence-corrected chi connectivity index (χ0v) is 15.8. The Kier molecular flexibility index (Phi) is 6.08. The number of ether oxygens (including phenoxy) is 1. The van der Waals surface area contributed by atoms with Crippen molar-refractivity contribution in [3.63, 3.8) is 0 Å². The van der Waals surface area contributed by atoms with Crippen LogP contribution in [-0.4, -0.2) is 33.6 Å². The molecule has 0 unspecified atom stereocenters. The first-order valence-corrected chi connectivity index (χ1v) is 9.62. The fraction of sp³-hybridized carbons (Fsp3) is 0.250. The number of amides is 1. The summed E-state index contributed by atoms with van der Waals surface area (Å²) in [5, 5.41) is 18.4. The number of carbonyl (C=O) groups excluding carboxylic acids is 1. The summed E-state index contributed by atoms with van der Waals surface area (Å²) in [6.45, 7) is 4.30. The number of benzene rings is 1. The number of rotatable bonds is 8. The van der Waals surface area contributed by atoms with Gasteiger partial charge in [0.15, 0.2) is 4.34 Å². The molecule has 0 atom stereocenters. The first kappa shape index (κ1) is 18.2. The van der Waals surface area contributed by atoms with Crippen molar-refractivity contribution in [2.45, 2.75) is 18.2 Å². The second kappa shape index (κ2) is 8.68. The molecule has 1 amide bonds. The van der Waals surface area contributed by atoms with Crippen LogP contribution in [0.25, 0.3) is 0 Å². The number of hydrogen-bond donors (Lipinski definition) is 2. The molecule has 10 heteroatoms. The Hall–Kier alpha value is -2.59. The molecule has 3 rings (SSSR count). The van der Waals surface area contributed by atoms with E-state index in [0.29, 0.717) is 27.7 Å². The summed E-state index contributed by atoms with van der Waals surface area (Å²) in [6, 6.07) is 9.28. The Morgan fingerprint density at radius 2 is 2.19 bits per heavy atom. The van der Waals surface area contributed by atoms with Crippen LogP contribution in [0.3, 0.4) is 0 Å². The number of aromatic nitrogens is 3. The third-order valence-corrected chi connectivity index (χ3v) is 5.02. The lowest BCUT2D eigenvalue weighted by atomic mass is 10.3. The van der Waals surface area contributed by atoms with Gasteiger partial charge in [0.2, 0.25) is 16.9 Å². The molecule has 0 aliphatic carbocycles. The monoisotopic (exact) mass is 391 g/mol. The molecule has 0 spiro atoms. The summed E-state index contributed by atoms with van der Waals surface area (Å²) in [4.78, 5) is 11.9. The van der Waals surface area contributed by atoms with E-state index >= 15 is 0 Å². The van der Waals surface area contributed by atoms with Gasteiger partial charge in [-0.15, -0.1) is 10.2 Å². The highest BCUT2D eigenvalue weighted by molar-refractivity contribution is 8.01. The van der Waals surface area contributed by atoms with Crippen LogP contribution in [0.5, 0.6) is 5.75 Å². The third kappa shape index (κ3) is 4.96. The van der Waals surface area contributed by atoms with Crippen LogP contribution < -0.4 is 15.4 Å². The van der Waals surface area contributed by atoms with Crippen LogP contribution in [0, 0.1) is 6.92 Å². The summed E-state index contributed by atoms with van der Waals surface area (Å²) < 4.78 is 11.2. The van der Waals surface area contributed by atoms with Crippen molar-refractivity contribution in [1.82, 2.24) is 15.4 Å². The standard InChI is InChI=1S/C16H17N5O3S2/c1-3-23-12-7-5-4-6-11(12)17-15-19-20-16(26-15)25-9-13(22)18-14-8-10(2)21-24-14/h4-8H,3,9H2,1-2H3,(H,17,19)(H,18,22). The Balaban J connectivity index is 1.54. The maximum Gasteiger partial charge on any atom is 0.237 e. The van der Waals surface area contributed by atoms with Crippen LogP contribution in [0.1, 0.15) is 12.6 Å². The molecule has 1 aromatic carbocycles. The molecule has 2 N–H and O–H groups in total. The van der Waals surface area contributed by atoms with Gasteiger partial charge in [-0.25, -0.2) is 0 Å². The van der Waals surface area contributed by atoms with Gasteiger partial charge in [-0.2, -0.15) is 0 Å². The van der Waals surface area contributed by atoms with Crippen LogP contribution in [0.15, 0.2) is 39.2 Å². The summed E-state index contributed by atoms with van der Waals surface area (Å²) in [7, 11) is 0. The van der Waals surface area contributed by atoms with Gasteiger partial charge in [0.25, 0.3) is 0 Å². The highest BCUT2D eigenvalue weighted by Crippen LogP contribution is 2.31. The second-order valence-electron chi connectivity index (χ2n) is 5.10. The number of nitrogens with zero attached hydrogens (tertiary/aromatic N) is 3. The molecule has 0 radical (unpaired) electrons. The smallest absolute Gasteiger partial charge is 0.237 e. The van der Waals surface area contributed by atoms with Gasteiger partial charge in [-0.05, 0) is 26.0 Å². The molecular formula is C16H17N5O3S2. The van der Waals surface area contributed by atoms with E-state index in [1.807, 2.05) is 31.2 Å². The topological polar surface area (TPSA) is 102 Å². The summed E-state index contributed by atoms with van der Waals surface area (Å²) in [5.74, 6) is 1.09. The van der Waals surface area contributed by atoms with E-state index in [0.717, 1.165) is 11.4 Å². The minimum Gasteiger partial charge on any atom is -0.492 e. The number of nitrogens with one attached hydrogen (secondary N) is 2. The highest BCUT2D eigenvalue weighted by atomic mass is 32.2. The molecule has 3 aromatic rings. The molecule has 2 heterocycles. The van der Waals surface area contributed by atoms with Crippen LogP contribution in [-0.2, 0) is 4.79 Å². The Bertz CT molecular complexity index is 880. The summed E-state index contributed by atoms with van der Waals surface area (Å²) in [6.07, 6.45) is 0. The molecule has 0 fully saturated rings. The van der Waals surface area contributed by atoms with E-state index in [4.69, 9.17) is 9.26 Å². The van der Waals surface area contributed by atoms with E-state index in [2.05, 4.69) is 26.0 Å². The van der Waals surface area contributed by atoms with Crippen molar-refractivity contribution >= 4 is 45.7 Å². The van der Waals surface area contributed by atoms with E-state index in [1.54, 1.807) is 13.0 Å². The predicted octanol–water partition coefficient (Wildman–Crippen LogP) is 3.71. The van der Waals surface area contributed by atoms with Crippen LogP contribution in [0.4, 0.5) is 16.7 Å². The van der Waals surface area contributed by atoms with Gasteiger partial charge in [-0.3, -0.25) is 10.1 Å². The van der Waals surface area contributed by atoms with Crippen LogP contribution in [0.2, 0.25) is 0 Å². The molecule has 0 saturated heterocycles. The molecule has 8 nitrogen and oxygen atoms in total. The predicted molar refractivity (Wildman–Crippen MR) is 101 cm³/mol. The molecule has 26 heavy (non-hydrogen) atoms. The first-order valence-electron chi connectivity index (χ1n) is 7.82. The number of aryl methyl sites for hydroxylation is 1. The molecule has 0 bridgehead atoms. The summed E-state index contributed by atoms with van der Waals surface area (Å²) in [5.41, 5.74) is 1.53. The molecule has 136 valence electrons. The Labute approximate surface area is 158 Å². The largest absolute Gasteiger partial charge is 0.492 e. The van der Waals surface area contributed by atoms with Crippen molar-refractivity contribution in [2.24, 2.45) is 0 Å². The number of hydrogen-bond acceptors (Lipinski definition) is 9. The van der Waals surface area contributed by atoms with E-state index in [-0.39, 0.29) is 11.7 Å². The van der Waals surface area contributed by atoms with Crippen molar-refractivity contribution in [1.29, 1.82) is 0 Å². The molecule has 0 aliphatic rings. The molecular weight excluding hydrogens is 374 g/mol. The number of anilines is 3. The Morgan fingerprint density at radius 1 is 1.35 bits per heavy atom.